The first kappa shape index (κ1) is 10.7. The van der Waals surface area contributed by atoms with Crippen molar-refractivity contribution in [2.45, 2.75) is 33.1 Å². The Morgan fingerprint density at radius 3 is 2.40 bits per heavy atom. The van der Waals surface area contributed by atoms with Gasteiger partial charge in [-0.1, -0.05) is 25.1 Å². The summed E-state index contributed by atoms with van der Waals surface area (Å²) in [5.74, 6) is 0. The third-order valence-electron chi connectivity index (χ3n) is 3.70. The predicted octanol–water partition coefficient (Wildman–Crippen LogP) is 3.51. The molecule has 1 aromatic carbocycles. The summed E-state index contributed by atoms with van der Waals surface area (Å²) in [7, 11) is 0. The second-order valence-electron chi connectivity index (χ2n) is 4.81. The van der Waals surface area contributed by atoms with Crippen LogP contribution in [0.25, 0.3) is 0 Å². The monoisotopic (exact) mass is 204 g/mol. The van der Waals surface area contributed by atoms with Gasteiger partial charge in [0.05, 0.1) is 19.6 Å². The van der Waals surface area contributed by atoms with Crippen molar-refractivity contribution in [1.29, 1.82) is 0 Å². The molecule has 1 nitrogen and oxygen atoms in total. The zero-order valence-corrected chi connectivity index (χ0v) is 10.00. The summed E-state index contributed by atoms with van der Waals surface area (Å²) in [5.41, 5.74) is 3.03. The van der Waals surface area contributed by atoms with Crippen molar-refractivity contribution in [2.24, 2.45) is 0 Å². The number of para-hydroxylation sites is 1. The molecule has 1 heterocycles. The molecule has 0 aliphatic carbocycles. The summed E-state index contributed by atoms with van der Waals surface area (Å²) in [6.45, 7) is 8.56. The van der Waals surface area contributed by atoms with Gasteiger partial charge in [-0.05, 0) is 19.4 Å². The minimum atomic E-state index is 1.24. The summed E-state index contributed by atoms with van der Waals surface area (Å²) >= 11 is 0. The molecule has 0 radical (unpaired) electrons. The lowest BCUT2D eigenvalue weighted by molar-refractivity contribution is 0.332. The van der Waals surface area contributed by atoms with E-state index in [-0.39, 0.29) is 0 Å². The second kappa shape index (κ2) is 4.36. The molecule has 0 amide bonds. The molecule has 1 fully saturated rings. The maximum Gasteiger partial charge on any atom is 0.135 e. The highest BCUT2D eigenvalue weighted by atomic mass is 15.4. The minimum Gasteiger partial charge on any atom is -0.291 e. The van der Waals surface area contributed by atoms with Gasteiger partial charge in [0.2, 0.25) is 0 Å². The van der Waals surface area contributed by atoms with Gasteiger partial charge < -0.3 is 0 Å². The van der Waals surface area contributed by atoms with E-state index in [1.807, 2.05) is 0 Å². The van der Waals surface area contributed by atoms with E-state index in [1.165, 1.54) is 48.9 Å². The summed E-state index contributed by atoms with van der Waals surface area (Å²) < 4.78 is 1.24. The molecule has 1 aliphatic heterocycles. The molecule has 1 aromatic rings. The van der Waals surface area contributed by atoms with Crippen molar-refractivity contribution in [3.05, 3.63) is 29.8 Å². The molecular formula is C14H22N+. The quantitative estimate of drug-likeness (QED) is 0.661. The van der Waals surface area contributed by atoms with Crippen LogP contribution in [0.2, 0.25) is 0 Å². The Bertz CT molecular complexity index is 324. The fraction of sp³-hybridized carbons (Fsp3) is 0.571. The Labute approximate surface area is 93.3 Å². The average molecular weight is 204 g/mol. The average Bonchev–Trinajstić information content (AvgIpc) is 2.69. The number of likely N-dealkylation sites (tertiary alicyclic amines) is 1. The van der Waals surface area contributed by atoms with Gasteiger partial charge in [0, 0.05) is 18.4 Å². The number of aryl methyl sites for hydroxylation is 1. The summed E-state index contributed by atoms with van der Waals surface area (Å²) in [5, 5.41) is 0. The lowest BCUT2D eigenvalue weighted by Gasteiger charge is -2.34. The molecule has 82 valence electrons. The van der Waals surface area contributed by atoms with E-state index >= 15 is 0 Å². The van der Waals surface area contributed by atoms with Crippen LogP contribution < -0.4 is 4.48 Å². The van der Waals surface area contributed by atoms with Gasteiger partial charge in [0.15, 0.2) is 0 Å². The lowest BCUT2D eigenvalue weighted by atomic mass is 10.1. The molecule has 0 N–H and O–H groups in total. The third-order valence-corrected chi connectivity index (χ3v) is 3.70. The smallest absolute Gasteiger partial charge is 0.135 e. The Hall–Kier alpha value is -0.820. The fourth-order valence-electron chi connectivity index (χ4n) is 3.05. The van der Waals surface area contributed by atoms with Gasteiger partial charge >= 0.3 is 0 Å². The second-order valence-corrected chi connectivity index (χ2v) is 4.81. The van der Waals surface area contributed by atoms with Crippen LogP contribution in [0.3, 0.4) is 0 Å². The van der Waals surface area contributed by atoms with E-state index in [0.29, 0.717) is 0 Å². The summed E-state index contributed by atoms with van der Waals surface area (Å²) in [6, 6.07) is 8.92. The normalized spacial score (nSPS) is 19.3. The van der Waals surface area contributed by atoms with Gasteiger partial charge in [-0.2, -0.15) is 0 Å². The Balaban J connectivity index is 2.36. The number of hydrogen-bond acceptors (Lipinski definition) is 0. The van der Waals surface area contributed by atoms with Crippen molar-refractivity contribution in [3.8, 4) is 0 Å². The maximum atomic E-state index is 2.33. The third kappa shape index (κ3) is 1.93. The van der Waals surface area contributed by atoms with Crippen LogP contribution in [0.15, 0.2) is 24.3 Å². The zero-order valence-electron chi connectivity index (χ0n) is 10.00. The van der Waals surface area contributed by atoms with E-state index in [1.54, 1.807) is 5.69 Å². The van der Waals surface area contributed by atoms with Crippen LogP contribution in [-0.2, 0) is 0 Å². The highest BCUT2D eigenvalue weighted by Crippen LogP contribution is 2.32. The molecule has 15 heavy (non-hydrogen) atoms. The topological polar surface area (TPSA) is 0 Å². The molecule has 1 aliphatic rings. The van der Waals surface area contributed by atoms with E-state index in [0.717, 1.165) is 0 Å². The fourth-order valence-corrected chi connectivity index (χ4v) is 3.05. The van der Waals surface area contributed by atoms with Crippen LogP contribution in [0, 0.1) is 6.92 Å². The van der Waals surface area contributed by atoms with Gasteiger partial charge in [-0.3, -0.25) is 4.48 Å². The van der Waals surface area contributed by atoms with Crippen molar-refractivity contribution in [1.82, 2.24) is 4.48 Å². The van der Waals surface area contributed by atoms with Crippen molar-refractivity contribution in [2.75, 3.05) is 19.6 Å². The molecule has 0 bridgehead atoms. The molecule has 0 saturated carbocycles. The Morgan fingerprint density at radius 2 is 1.80 bits per heavy atom. The van der Waals surface area contributed by atoms with E-state index in [9.17, 15) is 0 Å². The van der Waals surface area contributed by atoms with Crippen LogP contribution >= 0.6 is 0 Å². The molecule has 1 saturated heterocycles. The van der Waals surface area contributed by atoms with E-state index < -0.39 is 0 Å². The van der Waals surface area contributed by atoms with Gasteiger partial charge in [-0.25, -0.2) is 0 Å². The first-order chi connectivity index (χ1) is 7.28. The molecule has 0 spiro atoms. The van der Waals surface area contributed by atoms with Gasteiger partial charge in [0.25, 0.3) is 0 Å². The minimum absolute atomic E-state index is 1.24. The highest BCUT2D eigenvalue weighted by Gasteiger charge is 2.34. The number of nitrogens with zero attached hydrogens (tertiary/aromatic N) is 1. The lowest BCUT2D eigenvalue weighted by Crippen LogP contribution is -2.47. The first-order valence-electron chi connectivity index (χ1n) is 6.21. The molecular weight excluding hydrogens is 182 g/mol. The summed E-state index contributed by atoms with van der Waals surface area (Å²) in [4.78, 5) is 0. The predicted molar refractivity (Wildman–Crippen MR) is 67.1 cm³/mol. The summed E-state index contributed by atoms with van der Waals surface area (Å²) in [6.07, 6.45) is 4.08. The SMILES string of the molecule is CCC[N+]1(c2ccccc2C)CCCC1. The Kier molecular flexibility index (Phi) is 3.11. The van der Waals surface area contributed by atoms with Gasteiger partial charge in [0.1, 0.15) is 5.69 Å². The molecule has 0 unspecified atom stereocenters. The first-order valence-corrected chi connectivity index (χ1v) is 6.21. The standard InChI is InChI=1S/C14H22N/c1-3-10-15(11-6-7-12-15)14-9-5-4-8-13(14)2/h4-5,8-9H,3,6-7,10-12H2,1-2H3/q+1. The maximum absolute atomic E-state index is 2.33. The van der Waals surface area contributed by atoms with Crippen molar-refractivity contribution >= 4 is 5.69 Å². The van der Waals surface area contributed by atoms with Crippen molar-refractivity contribution in [3.63, 3.8) is 0 Å². The number of hydrogen-bond donors (Lipinski definition) is 0. The van der Waals surface area contributed by atoms with Crippen LogP contribution in [0.4, 0.5) is 5.69 Å². The number of benzene rings is 1. The number of quaternary nitrogens is 1. The zero-order chi connectivity index (χ0) is 10.7. The van der Waals surface area contributed by atoms with Gasteiger partial charge in [-0.15, -0.1) is 0 Å². The van der Waals surface area contributed by atoms with Crippen LogP contribution in [0.1, 0.15) is 31.7 Å². The van der Waals surface area contributed by atoms with Crippen molar-refractivity contribution < 1.29 is 0 Å². The highest BCUT2D eigenvalue weighted by molar-refractivity contribution is 5.50. The van der Waals surface area contributed by atoms with E-state index in [2.05, 4.69) is 38.1 Å². The molecule has 0 aromatic heterocycles. The van der Waals surface area contributed by atoms with Crippen LogP contribution in [0.5, 0.6) is 0 Å². The molecule has 2 rings (SSSR count). The van der Waals surface area contributed by atoms with Crippen LogP contribution in [-0.4, -0.2) is 19.6 Å². The molecule has 1 heteroatoms. The Morgan fingerprint density at radius 1 is 1.13 bits per heavy atom. The largest absolute Gasteiger partial charge is 0.291 e. The molecule has 0 atom stereocenters. The van der Waals surface area contributed by atoms with E-state index in [4.69, 9.17) is 0 Å². The number of rotatable bonds is 3.